The number of piperazine rings is 1. The van der Waals surface area contributed by atoms with Crippen molar-refractivity contribution in [1.82, 2.24) is 19.6 Å². The van der Waals surface area contributed by atoms with Crippen LogP contribution in [0, 0.1) is 12.7 Å². The van der Waals surface area contributed by atoms with Crippen LogP contribution in [-0.2, 0) is 0 Å². The molecule has 0 unspecified atom stereocenters. The van der Waals surface area contributed by atoms with Gasteiger partial charge in [-0.25, -0.2) is 9.18 Å². The van der Waals surface area contributed by atoms with Crippen molar-refractivity contribution >= 4 is 11.8 Å². The Hall–Kier alpha value is -2.54. The predicted molar refractivity (Wildman–Crippen MR) is 86.5 cm³/mol. The van der Waals surface area contributed by atoms with Crippen LogP contribution in [-0.4, -0.2) is 64.1 Å². The highest BCUT2D eigenvalue weighted by atomic mass is 19.1. The van der Waals surface area contributed by atoms with Crippen molar-refractivity contribution in [2.45, 2.75) is 6.92 Å². The molecule has 1 amide bonds. The predicted octanol–water partition coefficient (Wildman–Crippen LogP) is 1.80. The quantitative estimate of drug-likeness (QED) is 0.805. The van der Waals surface area contributed by atoms with Gasteiger partial charge in [-0.05, 0) is 37.3 Å². The van der Waals surface area contributed by atoms with E-state index in [0.29, 0.717) is 31.7 Å². The molecule has 1 aromatic carbocycles. The number of carbonyl (C=O) groups is 2. The number of Topliss-reactive ketones (excluding diaryl/α,β-unsaturated/α-hetero) is 1. The number of halogens is 1. The molecule has 0 saturated carbocycles. The normalized spacial score (nSPS) is 15.5. The number of carbonyl (C=O) groups excluding carboxylic acids is 2. The zero-order valence-electron chi connectivity index (χ0n) is 13.5. The molecule has 1 aromatic heterocycles. The van der Waals surface area contributed by atoms with E-state index in [1.807, 2.05) is 11.8 Å². The van der Waals surface area contributed by atoms with E-state index in [0.717, 1.165) is 5.69 Å². The highest BCUT2D eigenvalue weighted by molar-refractivity contribution is 5.97. The molecule has 0 atom stereocenters. The van der Waals surface area contributed by atoms with Gasteiger partial charge in [0.15, 0.2) is 5.78 Å². The van der Waals surface area contributed by atoms with Gasteiger partial charge in [-0.3, -0.25) is 9.69 Å². The van der Waals surface area contributed by atoms with Gasteiger partial charge in [0.05, 0.1) is 6.54 Å². The standard InChI is InChI=1S/C17H19FN4O2/c1-13-6-7-19-22(13)17(24)21-10-8-20(9-11-21)12-16(23)14-2-4-15(18)5-3-14/h2-7H,8-12H2,1H3. The largest absolute Gasteiger partial charge is 0.344 e. The van der Waals surface area contributed by atoms with Crippen LogP contribution in [0.15, 0.2) is 36.5 Å². The Morgan fingerprint density at radius 3 is 2.33 bits per heavy atom. The Morgan fingerprint density at radius 1 is 1.08 bits per heavy atom. The zero-order chi connectivity index (χ0) is 17.1. The molecule has 2 aromatic rings. The van der Waals surface area contributed by atoms with E-state index in [2.05, 4.69) is 5.10 Å². The minimum atomic E-state index is -0.354. The van der Waals surface area contributed by atoms with E-state index in [1.54, 1.807) is 17.2 Å². The van der Waals surface area contributed by atoms with Crippen LogP contribution in [0.4, 0.5) is 9.18 Å². The summed E-state index contributed by atoms with van der Waals surface area (Å²) in [6, 6.07) is 7.22. The maximum atomic E-state index is 12.9. The second-order valence-electron chi connectivity index (χ2n) is 5.86. The number of nitrogens with zero attached hydrogens (tertiary/aromatic N) is 4. The molecule has 7 heteroatoms. The molecular formula is C17H19FN4O2. The molecular weight excluding hydrogens is 311 g/mol. The van der Waals surface area contributed by atoms with Gasteiger partial charge in [-0.15, -0.1) is 0 Å². The van der Waals surface area contributed by atoms with Gasteiger partial charge in [0, 0.05) is 43.6 Å². The van der Waals surface area contributed by atoms with Crippen LogP contribution in [0.1, 0.15) is 16.1 Å². The Labute approximate surface area is 139 Å². The highest BCUT2D eigenvalue weighted by Gasteiger charge is 2.24. The lowest BCUT2D eigenvalue weighted by Crippen LogP contribution is -2.51. The summed E-state index contributed by atoms with van der Waals surface area (Å²) in [5, 5.41) is 4.03. The lowest BCUT2D eigenvalue weighted by molar-refractivity contribution is 0.0877. The minimum Gasteiger partial charge on any atom is -0.320 e. The van der Waals surface area contributed by atoms with Gasteiger partial charge in [-0.2, -0.15) is 9.78 Å². The molecule has 1 fully saturated rings. The van der Waals surface area contributed by atoms with Gasteiger partial charge in [-0.1, -0.05) is 0 Å². The van der Waals surface area contributed by atoms with Crippen molar-refractivity contribution in [2.24, 2.45) is 0 Å². The molecule has 3 rings (SSSR count). The SMILES string of the molecule is Cc1ccnn1C(=O)N1CCN(CC(=O)c2ccc(F)cc2)CC1. The summed E-state index contributed by atoms with van der Waals surface area (Å²) < 4.78 is 14.3. The molecule has 0 radical (unpaired) electrons. The van der Waals surface area contributed by atoms with E-state index in [1.165, 1.54) is 28.9 Å². The third-order valence-electron chi connectivity index (χ3n) is 4.19. The van der Waals surface area contributed by atoms with Crippen LogP contribution < -0.4 is 0 Å². The summed E-state index contributed by atoms with van der Waals surface area (Å²) in [7, 11) is 0. The first-order chi connectivity index (χ1) is 11.5. The Morgan fingerprint density at radius 2 is 1.75 bits per heavy atom. The van der Waals surface area contributed by atoms with Crippen molar-refractivity contribution in [1.29, 1.82) is 0 Å². The second-order valence-corrected chi connectivity index (χ2v) is 5.86. The van der Waals surface area contributed by atoms with E-state index >= 15 is 0 Å². The second kappa shape index (κ2) is 6.92. The first-order valence-corrected chi connectivity index (χ1v) is 7.85. The minimum absolute atomic E-state index is 0.0438. The lowest BCUT2D eigenvalue weighted by Gasteiger charge is -2.34. The number of hydrogen-bond acceptors (Lipinski definition) is 4. The molecule has 2 heterocycles. The number of hydrogen-bond donors (Lipinski definition) is 0. The van der Waals surface area contributed by atoms with Crippen LogP contribution >= 0.6 is 0 Å². The Bertz CT molecular complexity index is 733. The number of ketones is 1. The van der Waals surface area contributed by atoms with Crippen molar-refractivity contribution in [3.63, 3.8) is 0 Å². The molecule has 0 spiro atoms. The van der Waals surface area contributed by atoms with E-state index in [4.69, 9.17) is 0 Å². The highest BCUT2D eigenvalue weighted by Crippen LogP contribution is 2.09. The van der Waals surface area contributed by atoms with Crippen molar-refractivity contribution in [2.75, 3.05) is 32.7 Å². The number of benzene rings is 1. The number of amides is 1. The molecule has 6 nitrogen and oxygen atoms in total. The van der Waals surface area contributed by atoms with Crippen molar-refractivity contribution in [3.05, 3.63) is 53.6 Å². The summed E-state index contributed by atoms with van der Waals surface area (Å²) >= 11 is 0. The maximum absolute atomic E-state index is 12.9. The fourth-order valence-corrected chi connectivity index (χ4v) is 2.73. The van der Waals surface area contributed by atoms with Gasteiger partial charge in [0.1, 0.15) is 5.82 Å². The zero-order valence-corrected chi connectivity index (χ0v) is 13.5. The summed E-state index contributed by atoms with van der Waals surface area (Å²) in [6.45, 7) is 4.46. The fourth-order valence-electron chi connectivity index (χ4n) is 2.73. The number of aromatic nitrogens is 2. The molecule has 1 saturated heterocycles. The Balaban J connectivity index is 1.53. The van der Waals surface area contributed by atoms with E-state index in [9.17, 15) is 14.0 Å². The summed E-state index contributed by atoms with van der Waals surface area (Å²) in [4.78, 5) is 28.3. The Kier molecular flexibility index (Phi) is 4.71. The topological polar surface area (TPSA) is 58.4 Å². The molecule has 1 aliphatic rings. The van der Waals surface area contributed by atoms with Crippen molar-refractivity contribution < 1.29 is 14.0 Å². The lowest BCUT2D eigenvalue weighted by atomic mass is 10.1. The van der Waals surface area contributed by atoms with Gasteiger partial charge in [0.25, 0.3) is 0 Å². The van der Waals surface area contributed by atoms with Gasteiger partial charge < -0.3 is 4.90 Å². The third-order valence-corrected chi connectivity index (χ3v) is 4.19. The molecule has 0 N–H and O–H groups in total. The fraction of sp³-hybridized carbons (Fsp3) is 0.353. The average Bonchev–Trinajstić information content (AvgIpc) is 3.01. The first kappa shape index (κ1) is 16.3. The number of rotatable bonds is 3. The van der Waals surface area contributed by atoms with Gasteiger partial charge >= 0.3 is 6.03 Å². The first-order valence-electron chi connectivity index (χ1n) is 7.85. The third kappa shape index (κ3) is 3.51. The molecule has 0 aliphatic carbocycles. The molecule has 1 aliphatic heterocycles. The average molecular weight is 330 g/mol. The van der Waals surface area contributed by atoms with Crippen LogP contribution in [0.2, 0.25) is 0 Å². The van der Waals surface area contributed by atoms with Crippen LogP contribution in [0.3, 0.4) is 0 Å². The maximum Gasteiger partial charge on any atom is 0.344 e. The van der Waals surface area contributed by atoms with Crippen LogP contribution in [0.5, 0.6) is 0 Å². The molecule has 24 heavy (non-hydrogen) atoms. The smallest absolute Gasteiger partial charge is 0.320 e. The summed E-state index contributed by atoms with van der Waals surface area (Å²) in [5.74, 6) is -0.398. The summed E-state index contributed by atoms with van der Waals surface area (Å²) in [6.07, 6.45) is 1.60. The van der Waals surface area contributed by atoms with E-state index < -0.39 is 0 Å². The van der Waals surface area contributed by atoms with Crippen molar-refractivity contribution in [3.8, 4) is 0 Å². The van der Waals surface area contributed by atoms with Gasteiger partial charge in [0.2, 0.25) is 0 Å². The number of aryl methyl sites for hydroxylation is 1. The van der Waals surface area contributed by atoms with Crippen LogP contribution in [0.25, 0.3) is 0 Å². The van der Waals surface area contributed by atoms with E-state index in [-0.39, 0.29) is 24.2 Å². The molecule has 126 valence electrons. The summed E-state index contributed by atoms with van der Waals surface area (Å²) in [5.41, 5.74) is 1.30. The molecule has 0 bridgehead atoms. The monoisotopic (exact) mass is 330 g/mol.